The quantitative estimate of drug-likeness (QED) is 0.665. The summed E-state index contributed by atoms with van der Waals surface area (Å²) in [6.07, 6.45) is 1.64. The number of nitrogens with one attached hydrogen (secondary N) is 1. The predicted octanol–water partition coefficient (Wildman–Crippen LogP) is 1.31. The Kier molecular flexibility index (Phi) is 7.08. The molecule has 0 aromatic carbocycles. The highest BCUT2D eigenvalue weighted by Crippen LogP contribution is 2.17. The van der Waals surface area contributed by atoms with Crippen LogP contribution in [0.25, 0.3) is 0 Å². The molecule has 154 valence electrons. The molecule has 0 aliphatic carbocycles. The summed E-state index contributed by atoms with van der Waals surface area (Å²) < 4.78 is 6.85. The number of aromatic amines is 1. The number of likely N-dealkylation sites (N-methyl/N-ethyl adjacent to an activating group) is 2. The van der Waals surface area contributed by atoms with Crippen molar-refractivity contribution in [3.8, 4) is 0 Å². The summed E-state index contributed by atoms with van der Waals surface area (Å²) in [6.45, 7) is 6.75. The number of anilines is 2. The molecule has 2 aromatic heterocycles. The standard InChI is InChI=1S/C19H29N5O4/c1-5-7-10-24-17(20)16(18(26)21-19(24)27)23(6-2)12-15(25)22(4)11-14-9-8-13(3)28-14/h8-9H,5-7,10-12,20H2,1-4H3,(H,21,26,27). The highest BCUT2D eigenvalue weighted by molar-refractivity contribution is 5.82. The van der Waals surface area contributed by atoms with Crippen LogP contribution in [0.1, 0.15) is 38.2 Å². The van der Waals surface area contributed by atoms with Crippen LogP contribution in [-0.4, -0.2) is 40.5 Å². The molecule has 28 heavy (non-hydrogen) atoms. The molecule has 0 aliphatic heterocycles. The summed E-state index contributed by atoms with van der Waals surface area (Å²) in [4.78, 5) is 42.6. The van der Waals surface area contributed by atoms with Gasteiger partial charge in [-0.15, -0.1) is 0 Å². The summed E-state index contributed by atoms with van der Waals surface area (Å²) >= 11 is 0. The maximum atomic E-state index is 12.7. The van der Waals surface area contributed by atoms with Gasteiger partial charge in [0, 0.05) is 20.1 Å². The second kappa shape index (κ2) is 9.29. The number of hydrogen-bond acceptors (Lipinski definition) is 6. The lowest BCUT2D eigenvalue weighted by Crippen LogP contribution is -2.43. The van der Waals surface area contributed by atoms with Crippen molar-refractivity contribution in [1.82, 2.24) is 14.5 Å². The van der Waals surface area contributed by atoms with Crippen molar-refractivity contribution in [2.24, 2.45) is 0 Å². The van der Waals surface area contributed by atoms with Crippen LogP contribution in [0.15, 0.2) is 26.1 Å². The molecule has 9 heteroatoms. The molecule has 0 atom stereocenters. The Bertz CT molecular complexity index is 927. The summed E-state index contributed by atoms with van der Waals surface area (Å²) in [5.74, 6) is 1.35. The van der Waals surface area contributed by atoms with Crippen molar-refractivity contribution >= 4 is 17.4 Å². The maximum Gasteiger partial charge on any atom is 0.330 e. The maximum absolute atomic E-state index is 12.7. The molecule has 0 spiro atoms. The summed E-state index contributed by atoms with van der Waals surface area (Å²) in [5, 5.41) is 0. The SMILES string of the molecule is CCCCn1c(N)c(N(CC)CC(=O)N(C)Cc2ccc(C)o2)c(=O)[nH]c1=O. The number of nitrogens with two attached hydrogens (primary N) is 1. The van der Waals surface area contributed by atoms with Crippen LogP contribution in [0.3, 0.4) is 0 Å². The number of hydrogen-bond donors (Lipinski definition) is 2. The number of H-pyrrole nitrogens is 1. The van der Waals surface area contributed by atoms with Gasteiger partial charge >= 0.3 is 5.69 Å². The van der Waals surface area contributed by atoms with Crippen molar-refractivity contribution in [2.45, 2.75) is 46.7 Å². The summed E-state index contributed by atoms with van der Waals surface area (Å²) in [6, 6.07) is 3.66. The third kappa shape index (κ3) is 4.85. The average molecular weight is 391 g/mol. The van der Waals surface area contributed by atoms with Gasteiger partial charge in [0.15, 0.2) is 0 Å². The predicted molar refractivity (Wildman–Crippen MR) is 108 cm³/mol. The van der Waals surface area contributed by atoms with Gasteiger partial charge < -0.3 is 20.0 Å². The monoisotopic (exact) mass is 391 g/mol. The molecule has 0 saturated carbocycles. The van der Waals surface area contributed by atoms with E-state index in [1.165, 1.54) is 9.47 Å². The molecule has 0 saturated heterocycles. The van der Waals surface area contributed by atoms with Crippen molar-refractivity contribution in [1.29, 1.82) is 0 Å². The minimum absolute atomic E-state index is 0.0358. The second-order valence-electron chi connectivity index (χ2n) is 6.77. The minimum atomic E-state index is -0.589. The van der Waals surface area contributed by atoms with E-state index in [9.17, 15) is 14.4 Å². The zero-order chi connectivity index (χ0) is 20.8. The Morgan fingerprint density at radius 3 is 2.57 bits per heavy atom. The van der Waals surface area contributed by atoms with Crippen LogP contribution in [0.2, 0.25) is 0 Å². The number of aryl methyl sites for hydroxylation is 1. The lowest BCUT2D eigenvalue weighted by atomic mass is 10.3. The highest BCUT2D eigenvalue weighted by atomic mass is 16.3. The Morgan fingerprint density at radius 1 is 1.29 bits per heavy atom. The van der Waals surface area contributed by atoms with Crippen molar-refractivity contribution < 1.29 is 9.21 Å². The molecule has 2 rings (SSSR count). The topological polar surface area (TPSA) is 118 Å². The zero-order valence-electron chi connectivity index (χ0n) is 16.9. The second-order valence-corrected chi connectivity index (χ2v) is 6.77. The molecule has 2 aromatic rings. The summed E-state index contributed by atoms with van der Waals surface area (Å²) in [7, 11) is 1.67. The normalized spacial score (nSPS) is 10.9. The van der Waals surface area contributed by atoms with Crippen LogP contribution in [0, 0.1) is 6.92 Å². The third-order valence-electron chi connectivity index (χ3n) is 4.59. The summed E-state index contributed by atoms with van der Waals surface area (Å²) in [5.41, 5.74) is 5.17. The Balaban J connectivity index is 2.23. The molecule has 0 aliphatic rings. The first-order chi connectivity index (χ1) is 13.3. The molecular formula is C19H29N5O4. The van der Waals surface area contributed by atoms with Gasteiger partial charge in [-0.2, -0.15) is 0 Å². The number of furan rings is 1. The number of unbranched alkanes of at least 4 members (excludes halogenated alkanes) is 1. The van der Waals surface area contributed by atoms with E-state index < -0.39 is 11.2 Å². The molecule has 0 fully saturated rings. The first kappa shape index (κ1) is 21.3. The molecule has 2 heterocycles. The van der Waals surface area contributed by atoms with Gasteiger partial charge in [0.25, 0.3) is 5.56 Å². The van der Waals surface area contributed by atoms with Crippen LogP contribution in [0.5, 0.6) is 0 Å². The van der Waals surface area contributed by atoms with Crippen molar-refractivity contribution in [2.75, 3.05) is 30.8 Å². The molecule has 0 unspecified atom stereocenters. The third-order valence-corrected chi connectivity index (χ3v) is 4.59. The van der Waals surface area contributed by atoms with Gasteiger partial charge in [0.1, 0.15) is 23.0 Å². The molecule has 1 amide bonds. The molecule has 3 N–H and O–H groups in total. The fraction of sp³-hybridized carbons (Fsp3) is 0.526. The first-order valence-electron chi connectivity index (χ1n) is 9.45. The lowest BCUT2D eigenvalue weighted by Gasteiger charge is -2.26. The van der Waals surface area contributed by atoms with Gasteiger partial charge in [-0.25, -0.2) is 4.79 Å². The average Bonchev–Trinajstić information content (AvgIpc) is 3.04. The fourth-order valence-corrected chi connectivity index (χ4v) is 2.95. The Labute approximate surface area is 163 Å². The van der Waals surface area contributed by atoms with E-state index in [-0.39, 0.29) is 24.0 Å². The van der Waals surface area contributed by atoms with E-state index in [0.29, 0.717) is 25.4 Å². The largest absolute Gasteiger partial charge is 0.464 e. The number of carbonyl (C=O) groups is 1. The van der Waals surface area contributed by atoms with E-state index in [2.05, 4.69) is 4.98 Å². The number of rotatable bonds is 9. The molecule has 9 nitrogen and oxygen atoms in total. The van der Waals surface area contributed by atoms with Crippen molar-refractivity contribution in [3.63, 3.8) is 0 Å². The van der Waals surface area contributed by atoms with Crippen LogP contribution >= 0.6 is 0 Å². The molecule has 0 bridgehead atoms. The smallest absolute Gasteiger partial charge is 0.330 e. The van der Waals surface area contributed by atoms with Gasteiger partial charge in [-0.1, -0.05) is 13.3 Å². The number of carbonyl (C=O) groups excluding carboxylic acids is 1. The van der Waals surface area contributed by atoms with E-state index in [4.69, 9.17) is 10.2 Å². The van der Waals surface area contributed by atoms with E-state index >= 15 is 0 Å². The Hall–Kier alpha value is -2.97. The lowest BCUT2D eigenvalue weighted by molar-refractivity contribution is -0.129. The van der Waals surface area contributed by atoms with Gasteiger partial charge in [-0.3, -0.25) is 19.1 Å². The number of nitrogen functional groups attached to an aromatic ring is 1. The molecule has 0 radical (unpaired) electrons. The van der Waals surface area contributed by atoms with Gasteiger partial charge in [0.2, 0.25) is 5.91 Å². The number of nitrogens with zero attached hydrogens (tertiary/aromatic N) is 3. The van der Waals surface area contributed by atoms with E-state index in [1.807, 2.05) is 32.9 Å². The van der Waals surface area contributed by atoms with E-state index in [0.717, 1.165) is 18.6 Å². The van der Waals surface area contributed by atoms with Gasteiger partial charge in [0.05, 0.1) is 13.1 Å². The zero-order valence-corrected chi connectivity index (χ0v) is 16.9. The minimum Gasteiger partial charge on any atom is -0.464 e. The highest BCUT2D eigenvalue weighted by Gasteiger charge is 2.21. The number of amides is 1. The fourth-order valence-electron chi connectivity index (χ4n) is 2.95. The molecular weight excluding hydrogens is 362 g/mol. The van der Waals surface area contributed by atoms with Crippen molar-refractivity contribution in [3.05, 3.63) is 44.5 Å². The van der Waals surface area contributed by atoms with Crippen LogP contribution in [0.4, 0.5) is 11.5 Å². The van der Waals surface area contributed by atoms with Gasteiger partial charge in [-0.05, 0) is 32.4 Å². The van der Waals surface area contributed by atoms with Crippen LogP contribution in [-0.2, 0) is 17.9 Å². The van der Waals surface area contributed by atoms with E-state index in [1.54, 1.807) is 11.9 Å². The van der Waals surface area contributed by atoms with Crippen LogP contribution < -0.4 is 21.9 Å². The first-order valence-corrected chi connectivity index (χ1v) is 9.45. The Morgan fingerprint density at radius 2 is 2.00 bits per heavy atom. The number of aromatic nitrogens is 2.